The number of carboxylic acids is 1. The van der Waals surface area contributed by atoms with Crippen LogP contribution in [0.5, 0.6) is 0 Å². The van der Waals surface area contributed by atoms with Crippen LogP contribution in [0.25, 0.3) is 0 Å². The largest absolute Gasteiger partial charge is 0.481 e. The molecule has 0 aliphatic heterocycles. The molecule has 0 bridgehead atoms. The van der Waals surface area contributed by atoms with Crippen LogP contribution in [-0.4, -0.2) is 24.2 Å². The fraction of sp³-hybridized carbons (Fsp3) is 0.273. The number of benzene rings is 1. The predicted molar refractivity (Wildman–Crippen MR) is 53.5 cm³/mol. The van der Waals surface area contributed by atoms with Gasteiger partial charge in [-0.15, -0.1) is 0 Å². The van der Waals surface area contributed by atoms with Crippen molar-refractivity contribution in [2.75, 3.05) is 7.11 Å². The first-order chi connectivity index (χ1) is 7.15. The summed E-state index contributed by atoms with van der Waals surface area (Å²) < 4.78 is 4.45. The minimum Gasteiger partial charge on any atom is -0.481 e. The van der Waals surface area contributed by atoms with E-state index in [1.807, 2.05) is 0 Å². The molecule has 0 aliphatic carbocycles. The van der Waals surface area contributed by atoms with E-state index in [9.17, 15) is 9.59 Å². The fourth-order valence-electron chi connectivity index (χ4n) is 1.28. The van der Waals surface area contributed by atoms with E-state index < -0.39 is 17.9 Å². The van der Waals surface area contributed by atoms with E-state index in [0.29, 0.717) is 5.56 Å². The zero-order chi connectivity index (χ0) is 11.3. The van der Waals surface area contributed by atoms with Gasteiger partial charge in [-0.3, -0.25) is 9.59 Å². The molecule has 4 nitrogen and oxygen atoms in total. The summed E-state index contributed by atoms with van der Waals surface area (Å²) in [6.07, 6.45) is -0.143. The Morgan fingerprint density at radius 2 is 1.93 bits per heavy atom. The minimum atomic E-state index is -1.02. The van der Waals surface area contributed by atoms with Gasteiger partial charge in [0.1, 0.15) is 0 Å². The monoisotopic (exact) mass is 208 g/mol. The standard InChI is InChI=1S/C11H12O4/c1-15-10(12)7-9(11(13)14)8-5-3-2-4-6-8/h2-6,9H,7H2,1H3,(H,13,14)/t9-/m0/s1. The average Bonchev–Trinajstić information content (AvgIpc) is 2.26. The maximum Gasteiger partial charge on any atom is 0.311 e. The number of aliphatic carboxylic acids is 1. The molecule has 0 heterocycles. The normalized spacial score (nSPS) is 11.8. The molecule has 0 radical (unpaired) electrons. The van der Waals surface area contributed by atoms with E-state index in [-0.39, 0.29) is 6.42 Å². The molecule has 0 saturated carbocycles. The van der Waals surface area contributed by atoms with Crippen LogP contribution < -0.4 is 0 Å². The third-order valence-electron chi connectivity index (χ3n) is 2.10. The van der Waals surface area contributed by atoms with Gasteiger partial charge < -0.3 is 9.84 Å². The van der Waals surface area contributed by atoms with Crippen molar-refractivity contribution in [1.82, 2.24) is 0 Å². The van der Waals surface area contributed by atoms with Crippen LogP contribution in [0.2, 0.25) is 0 Å². The number of rotatable bonds is 4. The number of esters is 1. The Morgan fingerprint density at radius 1 is 1.33 bits per heavy atom. The maximum absolute atomic E-state index is 11.0. The second-order valence-electron chi connectivity index (χ2n) is 3.08. The Kier molecular flexibility index (Phi) is 3.85. The van der Waals surface area contributed by atoms with Gasteiger partial charge in [-0.25, -0.2) is 0 Å². The van der Waals surface area contributed by atoms with Crippen LogP contribution in [0.4, 0.5) is 0 Å². The average molecular weight is 208 g/mol. The SMILES string of the molecule is COC(=O)C[C@H](C(=O)O)c1ccccc1. The molecule has 1 rings (SSSR count). The number of methoxy groups -OCH3 is 1. The molecular weight excluding hydrogens is 196 g/mol. The molecule has 1 N–H and O–H groups in total. The van der Waals surface area contributed by atoms with E-state index in [1.165, 1.54) is 7.11 Å². The van der Waals surface area contributed by atoms with Crippen molar-refractivity contribution < 1.29 is 19.4 Å². The molecule has 0 aromatic heterocycles. The first kappa shape index (κ1) is 11.2. The molecule has 1 aromatic rings. The number of hydrogen-bond donors (Lipinski definition) is 1. The summed E-state index contributed by atoms with van der Waals surface area (Å²) in [5.74, 6) is -2.38. The van der Waals surface area contributed by atoms with Crippen LogP contribution in [-0.2, 0) is 14.3 Å². The Bertz CT molecular complexity index is 345. The number of ether oxygens (including phenoxy) is 1. The molecule has 4 heteroatoms. The van der Waals surface area contributed by atoms with Gasteiger partial charge >= 0.3 is 11.9 Å². The van der Waals surface area contributed by atoms with Gasteiger partial charge in [0.05, 0.1) is 19.4 Å². The van der Waals surface area contributed by atoms with Gasteiger partial charge in [-0.1, -0.05) is 30.3 Å². The lowest BCUT2D eigenvalue weighted by Gasteiger charge is -2.10. The lowest BCUT2D eigenvalue weighted by Crippen LogP contribution is -2.16. The third kappa shape index (κ3) is 3.09. The summed E-state index contributed by atoms with van der Waals surface area (Å²) in [6, 6.07) is 8.63. The first-order valence-corrected chi connectivity index (χ1v) is 4.49. The number of carbonyl (C=O) groups is 2. The smallest absolute Gasteiger partial charge is 0.311 e. The second-order valence-corrected chi connectivity index (χ2v) is 3.08. The van der Waals surface area contributed by atoms with E-state index in [2.05, 4.69) is 4.74 Å². The zero-order valence-corrected chi connectivity index (χ0v) is 8.34. The van der Waals surface area contributed by atoms with Crippen LogP contribution in [0.1, 0.15) is 17.9 Å². The second kappa shape index (κ2) is 5.14. The Hall–Kier alpha value is -1.84. The molecule has 0 aliphatic rings. The number of carboxylic acid groups (broad SMARTS) is 1. The quantitative estimate of drug-likeness (QED) is 0.760. The Morgan fingerprint density at radius 3 is 2.40 bits per heavy atom. The highest BCUT2D eigenvalue weighted by atomic mass is 16.5. The zero-order valence-electron chi connectivity index (χ0n) is 8.34. The van der Waals surface area contributed by atoms with Crippen LogP contribution >= 0.6 is 0 Å². The summed E-state index contributed by atoms with van der Waals surface area (Å²) in [5, 5.41) is 8.96. The molecule has 0 spiro atoms. The van der Waals surface area contributed by atoms with Crippen molar-refractivity contribution in [3.05, 3.63) is 35.9 Å². The van der Waals surface area contributed by atoms with E-state index in [4.69, 9.17) is 5.11 Å². The Balaban J connectivity index is 2.84. The van der Waals surface area contributed by atoms with Gasteiger partial charge in [-0.2, -0.15) is 0 Å². The van der Waals surface area contributed by atoms with Gasteiger partial charge in [0.25, 0.3) is 0 Å². The highest BCUT2D eigenvalue weighted by Gasteiger charge is 2.23. The Labute approximate surface area is 87.5 Å². The molecule has 0 amide bonds. The van der Waals surface area contributed by atoms with Gasteiger partial charge in [-0.05, 0) is 5.56 Å². The van der Waals surface area contributed by atoms with Gasteiger partial charge in [0.15, 0.2) is 0 Å². The fourth-order valence-corrected chi connectivity index (χ4v) is 1.28. The molecule has 80 valence electrons. The molecular formula is C11H12O4. The highest BCUT2D eigenvalue weighted by Crippen LogP contribution is 2.19. The molecule has 0 saturated heterocycles. The number of hydrogen-bond acceptors (Lipinski definition) is 3. The molecule has 0 unspecified atom stereocenters. The van der Waals surface area contributed by atoms with Gasteiger partial charge in [0, 0.05) is 0 Å². The summed E-state index contributed by atoms with van der Waals surface area (Å²) in [5.41, 5.74) is 0.607. The maximum atomic E-state index is 11.0. The first-order valence-electron chi connectivity index (χ1n) is 4.49. The van der Waals surface area contributed by atoms with Gasteiger partial charge in [0.2, 0.25) is 0 Å². The van der Waals surface area contributed by atoms with E-state index in [1.54, 1.807) is 30.3 Å². The van der Waals surface area contributed by atoms with Crippen molar-refractivity contribution in [2.24, 2.45) is 0 Å². The van der Waals surface area contributed by atoms with Crippen LogP contribution in [0.3, 0.4) is 0 Å². The topological polar surface area (TPSA) is 63.6 Å². The summed E-state index contributed by atoms with van der Waals surface area (Å²) in [4.78, 5) is 22.0. The molecule has 1 aromatic carbocycles. The predicted octanol–water partition coefficient (Wildman–Crippen LogP) is 1.42. The lowest BCUT2D eigenvalue weighted by molar-refractivity contribution is -0.147. The third-order valence-corrected chi connectivity index (χ3v) is 2.10. The van der Waals surface area contributed by atoms with Crippen LogP contribution in [0, 0.1) is 0 Å². The molecule has 0 fully saturated rings. The summed E-state index contributed by atoms with van der Waals surface area (Å²) in [7, 11) is 1.24. The summed E-state index contributed by atoms with van der Waals surface area (Å²) >= 11 is 0. The molecule has 15 heavy (non-hydrogen) atoms. The highest BCUT2D eigenvalue weighted by molar-refractivity contribution is 5.83. The van der Waals surface area contributed by atoms with Crippen molar-refractivity contribution in [3.63, 3.8) is 0 Å². The lowest BCUT2D eigenvalue weighted by atomic mass is 9.96. The summed E-state index contributed by atoms with van der Waals surface area (Å²) in [6.45, 7) is 0. The van der Waals surface area contributed by atoms with E-state index in [0.717, 1.165) is 0 Å². The van der Waals surface area contributed by atoms with Crippen molar-refractivity contribution in [1.29, 1.82) is 0 Å². The van der Waals surface area contributed by atoms with Crippen molar-refractivity contribution >= 4 is 11.9 Å². The van der Waals surface area contributed by atoms with Crippen LogP contribution in [0.15, 0.2) is 30.3 Å². The van der Waals surface area contributed by atoms with Crippen molar-refractivity contribution in [2.45, 2.75) is 12.3 Å². The van der Waals surface area contributed by atoms with E-state index >= 15 is 0 Å². The minimum absolute atomic E-state index is 0.143. The number of carbonyl (C=O) groups excluding carboxylic acids is 1. The van der Waals surface area contributed by atoms with Crippen molar-refractivity contribution in [3.8, 4) is 0 Å². The molecule has 1 atom stereocenters.